The molecule has 0 aromatic carbocycles. The summed E-state index contributed by atoms with van der Waals surface area (Å²) < 4.78 is 1.34. The second-order valence-electron chi connectivity index (χ2n) is 7.31. The standard InChI is InChI=1S/C19H19N7O6S3/c27-12(9-33-11-2-1-4-20-6-11)21-14-16(30)26-15(18(31)32)10(7-34-17(14)26)8-35-19-22-23-24-25(19)5-3-13(28)29/h1-2,4,6,14,17H,3,5,7-9H2,(H,21,27)(H,28,29)(H,31,32). The number of aryl methyl sites for hydroxylation is 1. The summed E-state index contributed by atoms with van der Waals surface area (Å²) in [4.78, 5) is 54.0. The van der Waals surface area contributed by atoms with Gasteiger partial charge in [0.2, 0.25) is 11.1 Å². The number of nitrogens with one attached hydrogen (secondary N) is 1. The number of carbonyl (C=O) groups excluding carboxylic acids is 2. The van der Waals surface area contributed by atoms with Gasteiger partial charge in [-0.2, -0.15) is 0 Å². The number of aliphatic carboxylic acids is 2. The van der Waals surface area contributed by atoms with Crippen LogP contribution in [0.15, 0.2) is 45.8 Å². The number of carboxylic acid groups (broad SMARTS) is 2. The number of pyridine rings is 1. The van der Waals surface area contributed by atoms with Crippen LogP contribution < -0.4 is 5.32 Å². The second kappa shape index (κ2) is 11.1. The summed E-state index contributed by atoms with van der Waals surface area (Å²) in [5.74, 6) is -2.38. The van der Waals surface area contributed by atoms with Crippen molar-refractivity contribution >= 4 is 59.0 Å². The number of amides is 2. The first-order chi connectivity index (χ1) is 16.8. The minimum Gasteiger partial charge on any atom is -0.481 e. The molecule has 2 atom stereocenters. The molecule has 4 rings (SSSR count). The van der Waals surface area contributed by atoms with Crippen molar-refractivity contribution in [3.05, 3.63) is 35.8 Å². The Kier molecular flexibility index (Phi) is 7.92. The van der Waals surface area contributed by atoms with E-state index in [9.17, 15) is 24.3 Å². The van der Waals surface area contributed by atoms with E-state index in [0.717, 1.165) is 16.7 Å². The Morgan fingerprint density at radius 2 is 2.09 bits per heavy atom. The number of thioether (sulfide) groups is 3. The van der Waals surface area contributed by atoms with E-state index < -0.39 is 29.3 Å². The van der Waals surface area contributed by atoms with E-state index in [1.54, 1.807) is 18.5 Å². The number of tetrazole rings is 1. The minimum absolute atomic E-state index is 0.0807. The fourth-order valence-corrected chi connectivity index (χ4v) is 6.46. The molecule has 13 nitrogen and oxygen atoms in total. The molecule has 4 heterocycles. The van der Waals surface area contributed by atoms with Crippen LogP contribution in [0.3, 0.4) is 0 Å². The number of carbonyl (C=O) groups is 4. The lowest BCUT2D eigenvalue weighted by molar-refractivity contribution is -0.150. The SMILES string of the molecule is O=C(O)CCn1nnnc1SCC1=C(C(=O)O)N2C(=O)C(NC(=O)CSc3cccnc3)C2SC1. The van der Waals surface area contributed by atoms with Gasteiger partial charge in [-0.15, -0.1) is 28.6 Å². The zero-order chi connectivity index (χ0) is 24.9. The summed E-state index contributed by atoms with van der Waals surface area (Å²) in [6.45, 7) is 0.0807. The smallest absolute Gasteiger partial charge is 0.352 e. The fourth-order valence-electron chi connectivity index (χ4n) is 3.38. The Morgan fingerprint density at radius 3 is 2.80 bits per heavy atom. The zero-order valence-electron chi connectivity index (χ0n) is 17.9. The van der Waals surface area contributed by atoms with E-state index in [4.69, 9.17) is 5.11 Å². The molecule has 1 fully saturated rings. The summed E-state index contributed by atoms with van der Waals surface area (Å²) in [7, 11) is 0. The first-order valence-corrected chi connectivity index (χ1v) is 13.2. The van der Waals surface area contributed by atoms with Gasteiger partial charge in [0, 0.05) is 28.8 Å². The molecule has 2 amide bonds. The van der Waals surface area contributed by atoms with Crippen molar-refractivity contribution in [2.24, 2.45) is 0 Å². The number of hydrogen-bond donors (Lipinski definition) is 3. The zero-order valence-corrected chi connectivity index (χ0v) is 20.4. The van der Waals surface area contributed by atoms with E-state index in [2.05, 4.69) is 25.8 Å². The lowest BCUT2D eigenvalue weighted by atomic mass is 10.0. The van der Waals surface area contributed by atoms with Crippen molar-refractivity contribution in [3.8, 4) is 0 Å². The molecular formula is C19H19N7O6S3. The van der Waals surface area contributed by atoms with Crippen molar-refractivity contribution < 1.29 is 29.4 Å². The quantitative estimate of drug-likeness (QED) is 0.261. The molecule has 0 aliphatic carbocycles. The van der Waals surface area contributed by atoms with Gasteiger partial charge in [0.15, 0.2) is 0 Å². The summed E-state index contributed by atoms with van der Waals surface area (Å²) in [6, 6.07) is 2.79. The molecule has 1 saturated heterocycles. The topological polar surface area (TPSA) is 180 Å². The molecule has 0 radical (unpaired) electrons. The van der Waals surface area contributed by atoms with Gasteiger partial charge in [-0.3, -0.25) is 24.3 Å². The molecule has 2 aliphatic heterocycles. The van der Waals surface area contributed by atoms with Gasteiger partial charge in [0.05, 0.1) is 18.7 Å². The van der Waals surface area contributed by atoms with Gasteiger partial charge in [-0.1, -0.05) is 11.8 Å². The van der Waals surface area contributed by atoms with E-state index in [0.29, 0.717) is 16.5 Å². The van der Waals surface area contributed by atoms with Crippen LogP contribution in [0.1, 0.15) is 6.42 Å². The molecule has 2 aliphatic rings. The first kappa shape index (κ1) is 25.0. The molecule has 0 spiro atoms. The third-order valence-corrected chi connectivity index (χ3v) is 8.35. The average Bonchev–Trinajstić information content (AvgIpc) is 3.30. The highest BCUT2D eigenvalue weighted by molar-refractivity contribution is 8.01. The van der Waals surface area contributed by atoms with Gasteiger partial charge in [0.1, 0.15) is 17.1 Å². The maximum atomic E-state index is 12.8. The highest BCUT2D eigenvalue weighted by atomic mass is 32.2. The minimum atomic E-state index is -1.23. The summed E-state index contributed by atoms with van der Waals surface area (Å²) in [6.07, 6.45) is 3.11. The highest BCUT2D eigenvalue weighted by Gasteiger charge is 2.54. The lowest BCUT2D eigenvalue weighted by Crippen LogP contribution is -2.70. The number of hydrogen-bond acceptors (Lipinski definition) is 11. The van der Waals surface area contributed by atoms with Gasteiger partial charge in [-0.25, -0.2) is 9.48 Å². The molecule has 184 valence electrons. The van der Waals surface area contributed by atoms with Gasteiger partial charge < -0.3 is 15.5 Å². The van der Waals surface area contributed by atoms with Crippen LogP contribution >= 0.6 is 35.3 Å². The molecule has 35 heavy (non-hydrogen) atoms. The van der Waals surface area contributed by atoms with Gasteiger partial charge >= 0.3 is 11.9 Å². The Bertz CT molecular complexity index is 1170. The third kappa shape index (κ3) is 5.76. The Morgan fingerprint density at radius 1 is 1.26 bits per heavy atom. The largest absolute Gasteiger partial charge is 0.481 e. The van der Waals surface area contributed by atoms with Crippen molar-refractivity contribution in [2.75, 3.05) is 17.3 Å². The van der Waals surface area contributed by atoms with Crippen LogP contribution in [0.2, 0.25) is 0 Å². The van der Waals surface area contributed by atoms with Gasteiger partial charge in [-0.05, 0) is 28.1 Å². The van der Waals surface area contributed by atoms with Crippen LogP contribution in [-0.2, 0) is 25.7 Å². The molecule has 2 unspecified atom stereocenters. The van der Waals surface area contributed by atoms with Crippen LogP contribution in [0.5, 0.6) is 0 Å². The van der Waals surface area contributed by atoms with E-state index in [-0.39, 0.29) is 36.1 Å². The van der Waals surface area contributed by atoms with Crippen LogP contribution in [0, 0.1) is 0 Å². The van der Waals surface area contributed by atoms with Crippen molar-refractivity contribution in [1.29, 1.82) is 0 Å². The summed E-state index contributed by atoms with van der Waals surface area (Å²) in [5, 5.41) is 32.4. The lowest BCUT2D eigenvalue weighted by Gasteiger charge is -2.49. The second-order valence-corrected chi connectivity index (χ2v) is 10.4. The molecule has 16 heteroatoms. The van der Waals surface area contributed by atoms with E-state index in [1.165, 1.54) is 33.1 Å². The third-order valence-electron chi connectivity index (χ3n) is 4.98. The first-order valence-electron chi connectivity index (χ1n) is 10.2. The number of rotatable bonds is 11. The highest BCUT2D eigenvalue weighted by Crippen LogP contribution is 2.41. The van der Waals surface area contributed by atoms with Crippen molar-refractivity contribution in [3.63, 3.8) is 0 Å². The Hall–Kier alpha value is -3.11. The summed E-state index contributed by atoms with van der Waals surface area (Å²) >= 11 is 3.82. The molecule has 2 aromatic heterocycles. The average molecular weight is 538 g/mol. The molecule has 3 N–H and O–H groups in total. The molecule has 0 saturated carbocycles. The number of fused-ring (bicyclic) bond motifs is 1. The maximum absolute atomic E-state index is 12.8. The molecular weight excluding hydrogens is 518 g/mol. The number of carboxylic acids is 2. The van der Waals surface area contributed by atoms with Crippen molar-refractivity contribution in [2.45, 2.75) is 34.4 Å². The van der Waals surface area contributed by atoms with Crippen LogP contribution in [0.4, 0.5) is 0 Å². The van der Waals surface area contributed by atoms with Crippen molar-refractivity contribution in [1.82, 2.24) is 35.4 Å². The molecule has 2 aromatic rings. The Balaban J connectivity index is 1.38. The van der Waals surface area contributed by atoms with E-state index in [1.807, 2.05) is 6.07 Å². The monoisotopic (exact) mass is 537 g/mol. The predicted molar refractivity (Wildman–Crippen MR) is 125 cm³/mol. The maximum Gasteiger partial charge on any atom is 0.352 e. The van der Waals surface area contributed by atoms with Gasteiger partial charge in [0.25, 0.3) is 5.91 Å². The Labute approximate surface area is 211 Å². The number of β-lactam (4-membered cyclic amide) rings is 1. The fraction of sp³-hybridized carbons (Fsp3) is 0.368. The van der Waals surface area contributed by atoms with Crippen LogP contribution in [-0.4, -0.2) is 92.7 Å². The van der Waals surface area contributed by atoms with Crippen LogP contribution in [0.25, 0.3) is 0 Å². The predicted octanol–water partition coefficient (Wildman–Crippen LogP) is 0.166. The normalized spacial score (nSPS) is 19.2. The number of nitrogens with zero attached hydrogens (tertiary/aromatic N) is 6. The summed E-state index contributed by atoms with van der Waals surface area (Å²) in [5.41, 5.74) is 0.410. The number of aromatic nitrogens is 5. The molecule has 0 bridgehead atoms. The van der Waals surface area contributed by atoms with E-state index >= 15 is 0 Å².